The van der Waals surface area contributed by atoms with Crippen LogP contribution in [0.15, 0.2) is 33.9 Å². The van der Waals surface area contributed by atoms with Gasteiger partial charge in [0.25, 0.3) is 5.56 Å². The second-order valence-corrected chi connectivity index (χ2v) is 8.17. The van der Waals surface area contributed by atoms with Crippen LogP contribution in [-0.2, 0) is 6.54 Å². The number of carbonyl (C=O) groups is 1. The highest BCUT2D eigenvalue weighted by molar-refractivity contribution is 6.31. The first-order valence-corrected chi connectivity index (χ1v) is 10.0. The zero-order valence-corrected chi connectivity index (χ0v) is 18.4. The van der Waals surface area contributed by atoms with Crippen LogP contribution in [0, 0.1) is 13.8 Å². The van der Waals surface area contributed by atoms with Gasteiger partial charge in [-0.3, -0.25) is 19.1 Å². The minimum Gasteiger partial charge on any atom is -0.285 e. The van der Waals surface area contributed by atoms with Gasteiger partial charge in [-0.2, -0.15) is 0 Å². The third-order valence-corrected chi connectivity index (χ3v) is 4.91. The van der Waals surface area contributed by atoms with E-state index in [0.29, 0.717) is 22.0 Å². The lowest BCUT2D eigenvalue weighted by molar-refractivity contribution is 0.102. The minimum atomic E-state index is -0.697. The zero-order valence-electron chi connectivity index (χ0n) is 16.9. The molecule has 0 aliphatic rings. The van der Waals surface area contributed by atoms with Gasteiger partial charge < -0.3 is 0 Å². The van der Waals surface area contributed by atoms with Crippen LogP contribution in [0.25, 0.3) is 0 Å². The Morgan fingerprint density at radius 3 is 2.33 bits per heavy atom. The summed E-state index contributed by atoms with van der Waals surface area (Å²) in [5, 5.41) is 0.610. The van der Waals surface area contributed by atoms with Crippen molar-refractivity contribution in [2.75, 3.05) is 0 Å². The molecule has 30 heavy (non-hydrogen) atoms. The lowest BCUT2D eigenvalue weighted by atomic mass is 9.98. The van der Waals surface area contributed by atoms with Crippen LogP contribution in [-0.4, -0.2) is 25.3 Å². The summed E-state index contributed by atoms with van der Waals surface area (Å²) >= 11 is 12.1. The molecular formula is C21H20Cl2N4O3. The molecule has 3 rings (SSSR count). The molecule has 0 aliphatic carbocycles. The maximum absolute atomic E-state index is 13.5. The van der Waals surface area contributed by atoms with Gasteiger partial charge in [0.15, 0.2) is 0 Å². The average Bonchev–Trinajstić information content (AvgIpc) is 2.61. The molecule has 156 valence electrons. The number of carbonyl (C=O) groups excluding carboxylic acids is 1. The van der Waals surface area contributed by atoms with Gasteiger partial charge in [0.1, 0.15) is 16.5 Å². The molecule has 0 radical (unpaired) electrons. The van der Waals surface area contributed by atoms with Crippen molar-refractivity contribution in [3.8, 4) is 0 Å². The number of hydrogen-bond donors (Lipinski definition) is 1. The summed E-state index contributed by atoms with van der Waals surface area (Å²) in [6, 6.07) is 6.41. The van der Waals surface area contributed by atoms with Crippen molar-refractivity contribution in [1.29, 1.82) is 0 Å². The van der Waals surface area contributed by atoms with Crippen molar-refractivity contribution in [3.63, 3.8) is 0 Å². The fourth-order valence-electron chi connectivity index (χ4n) is 3.35. The average molecular weight is 447 g/mol. The van der Waals surface area contributed by atoms with E-state index in [1.807, 2.05) is 0 Å². The van der Waals surface area contributed by atoms with Gasteiger partial charge in [-0.1, -0.05) is 37.0 Å². The van der Waals surface area contributed by atoms with Gasteiger partial charge in [-0.25, -0.2) is 14.8 Å². The van der Waals surface area contributed by atoms with E-state index in [-0.39, 0.29) is 34.6 Å². The summed E-state index contributed by atoms with van der Waals surface area (Å²) in [4.78, 5) is 49.5. The molecule has 7 nitrogen and oxygen atoms in total. The predicted octanol–water partition coefficient (Wildman–Crippen LogP) is 3.65. The Labute approximate surface area is 182 Å². The quantitative estimate of drug-likeness (QED) is 0.476. The van der Waals surface area contributed by atoms with Crippen LogP contribution in [0.1, 0.15) is 58.5 Å². The Balaban J connectivity index is 2.29. The Kier molecular flexibility index (Phi) is 6.24. The zero-order chi connectivity index (χ0) is 22.2. The Morgan fingerprint density at radius 2 is 1.73 bits per heavy atom. The van der Waals surface area contributed by atoms with Gasteiger partial charge in [0.05, 0.1) is 6.54 Å². The van der Waals surface area contributed by atoms with Gasteiger partial charge in [-0.05, 0) is 49.6 Å². The summed E-state index contributed by atoms with van der Waals surface area (Å²) in [6.45, 7) is 7.06. The lowest BCUT2D eigenvalue weighted by Crippen LogP contribution is -2.38. The van der Waals surface area contributed by atoms with Crippen molar-refractivity contribution in [1.82, 2.24) is 19.5 Å². The fraction of sp³-hybridized carbons (Fsp3) is 0.286. The van der Waals surface area contributed by atoms with Gasteiger partial charge in [-0.15, -0.1) is 0 Å². The number of H-pyrrole nitrogens is 1. The van der Waals surface area contributed by atoms with Crippen LogP contribution in [0.2, 0.25) is 10.2 Å². The smallest absolute Gasteiger partial charge is 0.285 e. The molecule has 3 aromatic rings. The molecule has 0 atom stereocenters. The molecule has 0 fully saturated rings. The van der Waals surface area contributed by atoms with Crippen LogP contribution in [0.5, 0.6) is 0 Å². The summed E-state index contributed by atoms with van der Waals surface area (Å²) in [7, 11) is 0. The SMILES string of the molecule is Cc1cc(Cn2c(C(=O)c3cc(Cl)cc(C)n3)c(C(C)C)c(=O)[nH]c2=O)cc(Cl)n1. The topological polar surface area (TPSA) is 97.7 Å². The molecule has 0 unspecified atom stereocenters. The summed E-state index contributed by atoms with van der Waals surface area (Å²) in [6.07, 6.45) is 0. The fourth-order valence-corrected chi connectivity index (χ4v) is 3.89. The number of pyridine rings is 2. The Morgan fingerprint density at radius 1 is 1.07 bits per heavy atom. The van der Waals surface area contributed by atoms with Crippen molar-refractivity contribution >= 4 is 29.0 Å². The normalized spacial score (nSPS) is 11.2. The van der Waals surface area contributed by atoms with Gasteiger partial charge >= 0.3 is 5.69 Å². The summed E-state index contributed by atoms with van der Waals surface area (Å²) in [5.41, 5.74) is 0.834. The number of rotatable bonds is 5. The van der Waals surface area contributed by atoms with Crippen LogP contribution < -0.4 is 11.2 Å². The molecule has 1 N–H and O–H groups in total. The predicted molar refractivity (Wildman–Crippen MR) is 116 cm³/mol. The number of nitrogens with one attached hydrogen (secondary N) is 1. The number of aromatic nitrogens is 4. The van der Waals surface area contributed by atoms with Crippen molar-refractivity contribution in [2.45, 2.75) is 40.2 Å². The third-order valence-electron chi connectivity index (χ3n) is 4.50. The van der Waals surface area contributed by atoms with E-state index in [1.54, 1.807) is 45.9 Å². The largest absolute Gasteiger partial charge is 0.329 e. The van der Waals surface area contributed by atoms with E-state index in [9.17, 15) is 14.4 Å². The van der Waals surface area contributed by atoms with Gasteiger partial charge in [0.2, 0.25) is 5.78 Å². The third kappa shape index (κ3) is 4.52. The van der Waals surface area contributed by atoms with Crippen LogP contribution >= 0.6 is 23.2 Å². The van der Waals surface area contributed by atoms with Gasteiger partial charge in [0, 0.05) is 22.0 Å². The summed E-state index contributed by atoms with van der Waals surface area (Å²) in [5.74, 6) is -0.869. The molecule has 0 amide bonds. The lowest BCUT2D eigenvalue weighted by Gasteiger charge is -2.17. The Bertz CT molecular complexity index is 1220. The van der Waals surface area contributed by atoms with E-state index >= 15 is 0 Å². The molecule has 3 heterocycles. The number of ketones is 1. The molecule has 0 saturated carbocycles. The molecule has 0 bridgehead atoms. The summed E-state index contributed by atoms with van der Waals surface area (Å²) < 4.78 is 1.24. The highest BCUT2D eigenvalue weighted by atomic mass is 35.5. The number of halogens is 2. The monoisotopic (exact) mass is 446 g/mol. The molecular weight excluding hydrogens is 427 g/mol. The maximum atomic E-state index is 13.5. The highest BCUT2D eigenvalue weighted by Gasteiger charge is 2.26. The first-order valence-electron chi connectivity index (χ1n) is 9.25. The number of aryl methyl sites for hydroxylation is 2. The molecule has 0 aromatic carbocycles. The highest BCUT2D eigenvalue weighted by Crippen LogP contribution is 2.21. The van der Waals surface area contributed by atoms with E-state index in [4.69, 9.17) is 23.2 Å². The van der Waals surface area contributed by atoms with Crippen molar-refractivity contribution in [2.24, 2.45) is 0 Å². The van der Waals surface area contributed by atoms with Crippen molar-refractivity contribution in [3.05, 3.63) is 89.2 Å². The molecule has 9 heteroatoms. The molecule has 3 aromatic heterocycles. The van der Waals surface area contributed by atoms with E-state index in [1.165, 1.54) is 10.6 Å². The second kappa shape index (κ2) is 8.53. The van der Waals surface area contributed by atoms with E-state index < -0.39 is 17.0 Å². The standard InChI is InChI=1S/C21H20Cl2N4O3/c1-10(2)17-18(19(28)15-8-14(22)6-12(4)24-15)27(21(30)26-20(17)29)9-13-5-11(3)25-16(23)7-13/h5-8,10H,9H2,1-4H3,(H,26,29,30). The van der Waals surface area contributed by atoms with E-state index in [0.717, 1.165) is 0 Å². The second-order valence-electron chi connectivity index (χ2n) is 7.34. The number of hydrogen-bond acceptors (Lipinski definition) is 5. The molecule has 0 aliphatic heterocycles. The van der Waals surface area contributed by atoms with Crippen LogP contribution in [0.4, 0.5) is 0 Å². The first-order chi connectivity index (χ1) is 14.1. The minimum absolute atomic E-state index is 0.0153. The van der Waals surface area contributed by atoms with Crippen molar-refractivity contribution < 1.29 is 4.79 Å². The maximum Gasteiger partial charge on any atom is 0.329 e. The first kappa shape index (κ1) is 21.9. The number of nitrogens with zero attached hydrogens (tertiary/aromatic N) is 3. The molecule has 0 saturated heterocycles. The van der Waals surface area contributed by atoms with Crippen LogP contribution in [0.3, 0.4) is 0 Å². The number of aromatic amines is 1. The van der Waals surface area contributed by atoms with E-state index in [2.05, 4.69) is 15.0 Å². The Hall–Kier alpha value is -2.77. The molecule has 0 spiro atoms.